The molecule has 0 N–H and O–H groups in total. The lowest BCUT2D eigenvalue weighted by molar-refractivity contribution is 0.0708. The van der Waals surface area contributed by atoms with Gasteiger partial charge in [0.25, 0.3) is 11.6 Å². The standard InChI is InChI=1S/C4H2N20/c5-15-11-3(12-16-6,13-17-7)4(14-18-8,23-1-9-19-21-23)24-2-10-20-22-24/h1-2H. The van der Waals surface area contributed by atoms with Crippen LogP contribution in [0.3, 0.4) is 0 Å². The zero-order valence-electron chi connectivity index (χ0n) is 11.1. The van der Waals surface area contributed by atoms with Crippen LogP contribution in [-0.4, -0.2) is 46.2 Å². The van der Waals surface area contributed by atoms with Gasteiger partial charge in [-0.05, 0) is 48.1 Å². The van der Waals surface area contributed by atoms with E-state index in [9.17, 15) is 0 Å². The molecule has 2 rings (SSSR count). The summed E-state index contributed by atoms with van der Waals surface area (Å²) in [4.78, 5) is 9.96. The van der Waals surface area contributed by atoms with Gasteiger partial charge in [-0.15, -0.1) is 10.2 Å². The first-order valence-corrected chi connectivity index (χ1v) is 5.42. The lowest BCUT2D eigenvalue weighted by Gasteiger charge is -2.36. The molecule has 0 bridgehead atoms. The summed E-state index contributed by atoms with van der Waals surface area (Å²) >= 11 is 0. The van der Waals surface area contributed by atoms with Crippen LogP contribution >= 0.6 is 0 Å². The third kappa shape index (κ3) is 2.17. The Hall–Kier alpha value is -4.62. The normalized spacial score (nSPS) is 12.5. The molecule has 118 valence electrons. The Morgan fingerprint density at radius 1 is 0.708 bits per heavy atom. The second-order valence-electron chi connectivity index (χ2n) is 3.54. The summed E-state index contributed by atoms with van der Waals surface area (Å²) in [6.07, 6.45) is 1.80. The number of aromatic nitrogens is 8. The molecule has 20 nitrogen and oxygen atoms in total. The molecule has 0 spiro atoms. The SMILES string of the molecule is [N-]=[N+]=NC(N=[N+]=[N-])(N=[N+]=[N-])C(N=[N+]=[N-])(n1cnnn1)n1cnnn1. The van der Waals surface area contributed by atoms with Crippen molar-refractivity contribution in [2.45, 2.75) is 11.6 Å². The number of hydrogen-bond acceptors (Lipinski definition) is 10. The van der Waals surface area contributed by atoms with E-state index in [-0.39, 0.29) is 0 Å². The van der Waals surface area contributed by atoms with Crippen molar-refractivity contribution in [3.05, 3.63) is 54.4 Å². The molecule has 0 saturated carbocycles. The predicted molar refractivity (Wildman–Crippen MR) is 68.3 cm³/mol. The minimum absolute atomic E-state index is 0.682. The van der Waals surface area contributed by atoms with Crippen LogP contribution < -0.4 is 0 Å². The summed E-state index contributed by atoms with van der Waals surface area (Å²) in [6.45, 7) is 0. The molecular weight excluding hydrogens is 328 g/mol. The van der Waals surface area contributed by atoms with E-state index in [1.807, 2.05) is 0 Å². The summed E-state index contributed by atoms with van der Waals surface area (Å²) in [5.74, 6) is -5.32. The van der Waals surface area contributed by atoms with Crippen LogP contribution in [0.5, 0.6) is 0 Å². The Labute approximate surface area is 128 Å². The van der Waals surface area contributed by atoms with E-state index in [0.717, 1.165) is 12.7 Å². The first-order valence-electron chi connectivity index (χ1n) is 5.42. The second kappa shape index (κ2) is 6.43. The topological polar surface area (TPSA) is 282 Å². The van der Waals surface area contributed by atoms with Gasteiger partial charge in [-0.25, -0.2) is 0 Å². The minimum Gasteiger partial charge on any atom is -0.197 e. The molecule has 0 fully saturated rings. The first kappa shape index (κ1) is 15.8. The molecular formula is C4H2N20. The monoisotopic (exact) mass is 330 g/mol. The van der Waals surface area contributed by atoms with Gasteiger partial charge in [0.05, 0.1) is 0 Å². The maximum absolute atomic E-state index is 8.96. The van der Waals surface area contributed by atoms with Crippen LogP contribution in [0.25, 0.3) is 41.8 Å². The first-order chi connectivity index (χ1) is 11.7. The van der Waals surface area contributed by atoms with Crippen LogP contribution in [0.1, 0.15) is 0 Å². The quantitative estimate of drug-likeness (QED) is 0.399. The second-order valence-corrected chi connectivity index (χ2v) is 3.54. The van der Waals surface area contributed by atoms with E-state index in [1.54, 1.807) is 0 Å². The molecule has 24 heavy (non-hydrogen) atoms. The van der Waals surface area contributed by atoms with Crippen LogP contribution in [0, 0.1) is 0 Å². The number of nitrogens with zero attached hydrogens (tertiary/aromatic N) is 20. The van der Waals surface area contributed by atoms with E-state index >= 15 is 0 Å². The fourth-order valence-electron chi connectivity index (χ4n) is 1.69. The van der Waals surface area contributed by atoms with Gasteiger partial charge in [0.15, 0.2) is 0 Å². The van der Waals surface area contributed by atoms with E-state index in [2.05, 4.69) is 71.2 Å². The van der Waals surface area contributed by atoms with Crippen LogP contribution in [0.15, 0.2) is 33.1 Å². The zero-order valence-corrected chi connectivity index (χ0v) is 11.1. The summed E-state index contributed by atoms with van der Waals surface area (Å²) in [7, 11) is 0. The van der Waals surface area contributed by atoms with Gasteiger partial charge in [-0.3, -0.25) is 0 Å². The highest BCUT2D eigenvalue weighted by atomic mass is 15.7. The van der Waals surface area contributed by atoms with Gasteiger partial charge in [0.2, 0.25) is 0 Å². The molecule has 2 heterocycles. The van der Waals surface area contributed by atoms with E-state index in [4.69, 9.17) is 22.1 Å². The molecule has 0 aliphatic heterocycles. The van der Waals surface area contributed by atoms with Crippen molar-refractivity contribution >= 4 is 0 Å². The van der Waals surface area contributed by atoms with E-state index in [1.165, 1.54) is 0 Å². The summed E-state index contributed by atoms with van der Waals surface area (Å²) in [6, 6.07) is 0. The third-order valence-corrected chi connectivity index (χ3v) is 2.52. The molecule has 0 aliphatic rings. The van der Waals surface area contributed by atoms with Gasteiger partial charge >= 0.3 is 0 Å². The molecule has 0 aliphatic carbocycles. The summed E-state index contributed by atoms with van der Waals surface area (Å²) in [5, 5.41) is 33.3. The molecule has 0 saturated heterocycles. The Morgan fingerprint density at radius 3 is 1.42 bits per heavy atom. The smallest absolute Gasteiger partial charge is 0.197 e. The highest BCUT2D eigenvalue weighted by Gasteiger charge is 2.57. The van der Waals surface area contributed by atoms with Crippen molar-refractivity contribution in [2.24, 2.45) is 20.5 Å². The van der Waals surface area contributed by atoms with Crippen LogP contribution in [-0.2, 0) is 5.79 Å². The van der Waals surface area contributed by atoms with E-state index in [0.29, 0.717) is 9.36 Å². The molecule has 0 atom stereocenters. The van der Waals surface area contributed by atoms with Crippen molar-refractivity contribution in [1.82, 2.24) is 40.4 Å². The molecule has 0 aromatic carbocycles. The number of rotatable bonds is 7. The fraction of sp³-hybridized carbons (Fsp3) is 0.500. The Bertz CT molecular complexity index is 794. The van der Waals surface area contributed by atoms with Crippen molar-refractivity contribution in [2.75, 3.05) is 0 Å². The maximum Gasteiger partial charge on any atom is 0.261 e. The van der Waals surface area contributed by atoms with Crippen molar-refractivity contribution < 1.29 is 0 Å². The molecule has 20 heteroatoms. The van der Waals surface area contributed by atoms with E-state index < -0.39 is 11.6 Å². The predicted octanol–water partition coefficient (Wildman–Crippen LogP) is 0.713. The largest absolute Gasteiger partial charge is 0.261 e. The average Bonchev–Trinajstić information content (AvgIpc) is 3.27. The van der Waals surface area contributed by atoms with Crippen LogP contribution in [0.2, 0.25) is 0 Å². The summed E-state index contributed by atoms with van der Waals surface area (Å²) in [5.41, 5.74) is 35.4. The molecule has 2 aromatic rings. The number of tetrazole rings is 2. The minimum atomic E-state index is -2.79. The third-order valence-electron chi connectivity index (χ3n) is 2.52. The lowest BCUT2D eigenvalue weighted by atomic mass is 10.2. The maximum atomic E-state index is 8.96. The zero-order chi connectivity index (χ0) is 17.5. The highest BCUT2D eigenvalue weighted by Crippen LogP contribution is 2.39. The van der Waals surface area contributed by atoms with Crippen molar-refractivity contribution in [3.8, 4) is 0 Å². The average molecular weight is 330 g/mol. The Kier molecular flexibility index (Phi) is 4.22. The molecule has 0 amide bonds. The van der Waals surface area contributed by atoms with Crippen molar-refractivity contribution in [1.29, 1.82) is 0 Å². The Morgan fingerprint density at radius 2 is 1.12 bits per heavy atom. The Balaban J connectivity index is 3.07. The molecule has 0 radical (unpaired) electrons. The van der Waals surface area contributed by atoms with Crippen molar-refractivity contribution in [3.63, 3.8) is 0 Å². The number of hydrogen-bond donors (Lipinski definition) is 0. The van der Waals surface area contributed by atoms with Gasteiger partial charge in [0.1, 0.15) is 12.7 Å². The highest BCUT2D eigenvalue weighted by molar-refractivity contribution is 5.04. The molecule has 0 unspecified atom stereocenters. The molecule has 2 aromatic heterocycles. The van der Waals surface area contributed by atoms with Gasteiger partial charge < -0.3 is 0 Å². The lowest BCUT2D eigenvalue weighted by Crippen LogP contribution is -2.56. The summed E-state index contributed by atoms with van der Waals surface area (Å²) < 4.78 is 1.36. The number of azide groups is 2. The van der Waals surface area contributed by atoms with Crippen LogP contribution in [0.4, 0.5) is 0 Å². The van der Waals surface area contributed by atoms with Gasteiger partial charge in [0, 0.05) is 19.6 Å². The van der Waals surface area contributed by atoms with Gasteiger partial charge in [-0.2, -0.15) is 9.36 Å². The fourth-order valence-corrected chi connectivity index (χ4v) is 1.69. The van der Waals surface area contributed by atoms with Gasteiger partial charge in [-0.1, -0.05) is 15.3 Å².